The lowest BCUT2D eigenvalue weighted by atomic mass is 9.88. The number of thiocarbonyl (C=S) groups is 1. The molecule has 3 aromatic carbocycles. The summed E-state index contributed by atoms with van der Waals surface area (Å²) in [6.07, 6.45) is 0.565. The van der Waals surface area contributed by atoms with Crippen molar-refractivity contribution in [1.29, 1.82) is 0 Å². The van der Waals surface area contributed by atoms with Gasteiger partial charge in [0.1, 0.15) is 11.8 Å². The van der Waals surface area contributed by atoms with Gasteiger partial charge in [-0.25, -0.2) is 0 Å². The quantitative estimate of drug-likeness (QED) is 0.356. The number of anilines is 1. The molecule has 0 radical (unpaired) electrons. The molecule has 37 heavy (non-hydrogen) atoms. The molecule has 0 spiro atoms. The van der Waals surface area contributed by atoms with Crippen LogP contribution in [0, 0.1) is 0 Å². The Kier molecular flexibility index (Phi) is 5.76. The molecule has 1 fully saturated rings. The number of fused-ring (bicyclic) bond motifs is 4. The van der Waals surface area contributed by atoms with E-state index in [9.17, 15) is 4.79 Å². The van der Waals surface area contributed by atoms with Crippen molar-refractivity contribution in [2.24, 2.45) is 0 Å². The number of rotatable bonds is 6. The molecule has 8 heteroatoms. The maximum atomic E-state index is 13.9. The molecule has 6 rings (SSSR count). The number of nitrogens with zero attached hydrogens (tertiary/aromatic N) is 2. The Bertz CT molecular complexity index is 1510. The van der Waals surface area contributed by atoms with Gasteiger partial charge in [0.15, 0.2) is 16.6 Å². The zero-order chi connectivity index (χ0) is 25.7. The standard InChI is InChI=1S/C29H27N3O4S/c1-4-36-19-12-10-18(11-13-19)31-28(33)23-16-21-20-7-5-6-8-22(20)30-26(21)27(32(23)29(31)37)17-9-14-24(34-2)25(15-17)35-3/h5-15,23,27,30H,4,16H2,1-3H3. The average Bonchev–Trinajstić information content (AvgIpc) is 3.42. The predicted octanol–water partition coefficient (Wildman–Crippen LogP) is 5.23. The third kappa shape index (κ3) is 3.62. The lowest BCUT2D eigenvalue weighted by molar-refractivity contribution is -0.120. The minimum absolute atomic E-state index is 0.0319. The summed E-state index contributed by atoms with van der Waals surface area (Å²) in [5, 5.41) is 1.60. The van der Waals surface area contributed by atoms with Crippen molar-refractivity contribution in [2.75, 3.05) is 25.7 Å². The molecule has 1 amide bonds. The van der Waals surface area contributed by atoms with Crippen LogP contribution in [-0.4, -0.2) is 47.8 Å². The number of H-pyrrole nitrogens is 1. The number of hydrogen-bond donors (Lipinski definition) is 1. The number of hydrogen-bond acceptors (Lipinski definition) is 5. The van der Waals surface area contributed by atoms with Crippen LogP contribution in [0.4, 0.5) is 5.69 Å². The van der Waals surface area contributed by atoms with Gasteiger partial charge in [-0.3, -0.25) is 9.69 Å². The number of para-hydroxylation sites is 1. The first-order valence-corrected chi connectivity index (χ1v) is 12.7. The van der Waals surface area contributed by atoms with E-state index in [0.717, 1.165) is 39.2 Å². The zero-order valence-corrected chi connectivity index (χ0v) is 21.7. The number of ether oxygens (including phenoxy) is 3. The highest BCUT2D eigenvalue weighted by molar-refractivity contribution is 7.80. The van der Waals surface area contributed by atoms with Gasteiger partial charge in [0, 0.05) is 23.0 Å². The molecule has 1 saturated heterocycles. The van der Waals surface area contributed by atoms with Gasteiger partial charge < -0.3 is 24.1 Å². The lowest BCUT2D eigenvalue weighted by Crippen LogP contribution is -2.44. The number of methoxy groups -OCH3 is 2. The van der Waals surface area contributed by atoms with E-state index < -0.39 is 6.04 Å². The smallest absolute Gasteiger partial charge is 0.256 e. The third-order valence-corrected chi connectivity index (χ3v) is 7.57. The molecule has 4 aromatic rings. The van der Waals surface area contributed by atoms with Gasteiger partial charge in [-0.1, -0.05) is 24.3 Å². The zero-order valence-electron chi connectivity index (χ0n) is 20.9. The largest absolute Gasteiger partial charge is 0.494 e. The fourth-order valence-corrected chi connectivity index (χ4v) is 5.97. The van der Waals surface area contributed by atoms with Crippen molar-refractivity contribution in [2.45, 2.75) is 25.4 Å². The molecular weight excluding hydrogens is 486 g/mol. The van der Waals surface area contributed by atoms with E-state index in [2.05, 4.69) is 22.0 Å². The number of carbonyl (C=O) groups is 1. The van der Waals surface area contributed by atoms with E-state index in [1.165, 1.54) is 0 Å². The van der Waals surface area contributed by atoms with E-state index in [1.807, 2.05) is 61.5 Å². The molecule has 188 valence electrons. The Morgan fingerprint density at radius 3 is 2.49 bits per heavy atom. The van der Waals surface area contributed by atoms with Gasteiger partial charge in [-0.2, -0.15) is 0 Å². The van der Waals surface area contributed by atoms with Crippen LogP contribution < -0.4 is 19.1 Å². The Morgan fingerprint density at radius 2 is 1.76 bits per heavy atom. The van der Waals surface area contributed by atoms with Crippen LogP contribution in [0.5, 0.6) is 17.2 Å². The number of benzene rings is 3. The predicted molar refractivity (Wildman–Crippen MR) is 147 cm³/mol. The Morgan fingerprint density at radius 1 is 1.00 bits per heavy atom. The summed E-state index contributed by atoms with van der Waals surface area (Å²) in [6.45, 7) is 2.52. The minimum Gasteiger partial charge on any atom is -0.494 e. The molecule has 2 aliphatic heterocycles. The van der Waals surface area contributed by atoms with Crippen LogP contribution in [0.25, 0.3) is 10.9 Å². The monoisotopic (exact) mass is 513 g/mol. The first-order valence-electron chi connectivity index (χ1n) is 12.3. The second-order valence-electron chi connectivity index (χ2n) is 9.09. The summed E-state index contributed by atoms with van der Waals surface area (Å²) >= 11 is 6.01. The molecule has 1 N–H and O–H groups in total. The normalized spacial score (nSPS) is 18.7. The highest BCUT2D eigenvalue weighted by Gasteiger charge is 2.51. The SMILES string of the molecule is CCOc1ccc(N2C(=O)C3Cc4c([nH]c5ccccc45)C(c4ccc(OC)c(OC)c4)N3C2=S)cc1. The number of aromatic amines is 1. The maximum Gasteiger partial charge on any atom is 0.256 e. The van der Waals surface area contributed by atoms with Crippen molar-refractivity contribution >= 4 is 39.8 Å². The van der Waals surface area contributed by atoms with Crippen molar-refractivity contribution in [3.8, 4) is 17.2 Å². The second-order valence-corrected chi connectivity index (χ2v) is 9.46. The third-order valence-electron chi connectivity index (χ3n) is 7.18. The van der Waals surface area contributed by atoms with Gasteiger partial charge in [0.05, 0.1) is 32.6 Å². The van der Waals surface area contributed by atoms with Crippen molar-refractivity contribution in [3.63, 3.8) is 0 Å². The van der Waals surface area contributed by atoms with Crippen LogP contribution >= 0.6 is 12.2 Å². The van der Waals surface area contributed by atoms with Gasteiger partial charge in [-0.15, -0.1) is 0 Å². The summed E-state index contributed by atoms with van der Waals surface area (Å²) < 4.78 is 16.7. The van der Waals surface area contributed by atoms with E-state index in [1.54, 1.807) is 19.1 Å². The topological polar surface area (TPSA) is 67.0 Å². The van der Waals surface area contributed by atoms with Crippen molar-refractivity contribution in [3.05, 3.63) is 83.6 Å². The highest BCUT2D eigenvalue weighted by atomic mass is 32.1. The first-order chi connectivity index (χ1) is 18.0. The van der Waals surface area contributed by atoms with Gasteiger partial charge in [-0.05, 0) is 72.7 Å². The molecule has 2 unspecified atom stereocenters. The maximum absolute atomic E-state index is 13.9. The number of aromatic nitrogens is 1. The van der Waals surface area contributed by atoms with Crippen LogP contribution in [0.15, 0.2) is 66.7 Å². The Labute approximate surface area is 220 Å². The van der Waals surface area contributed by atoms with E-state index >= 15 is 0 Å². The summed E-state index contributed by atoms with van der Waals surface area (Å²) in [5.74, 6) is 1.99. The number of nitrogens with one attached hydrogen (secondary N) is 1. The molecule has 1 aromatic heterocycles. The first kappa shape index (κ1) is 23.4. The molecule has 2 atom stereocenters. The molecule has 3 heterocycles. The minimum atomic E-state index is -0.427. The second kappa shape index (κ2) is 9.12. The highest BCUT2D eigenvalue weighted by Crippen LogP contribution is 2.46. The van der Waals surface area contributed by atoms with Crippen LogP contribution in [-0.2, 0) is 11.2 Å². The number of carbonyl (C=O) groups excluding carboxylic acids is 1. The van der Waals surface area contributed by atoms with Gasteiger partial charge >= 0.3 is 0 Å². The van der Waals surface area contributed by atoms with Crippen molar-refractivity contribution in [1.82, 2.24) is 9.88 Å². The molecular formula is C29H27N3O4S. The van der Waals surface area contributed by atoms with Crippen LogP contribution in [0.3, 0.4) is 0 Å². The Hall–Kier alpha value is -4.04. The lowest BCUT2D eigenvalue weighted by Gasteiger charge is -2.37. The van der Waals surface area contributed by atoms with E-state index in [-0.39, 0.29) is 11.9 Å². The fraction of sp³-hybridized carbons (Fsp3) is 0.241. The van der Waals surface area contributed by atoms with Crippen LogP contribution in [0.2, 0.25) is 0 Å². The molecule has 0 saturated carbocycles. The van der Waals surface area contributed by atoms with Gasteiger partial charge in [0.2, 0.25) is 0 Å². The Balaban J connectivity index is 1.49. The van der Waals surface area contributed by atoms with Crippen LogP contribution in [0.1, 0.15) is 29.8 Å². The molecule has 0 bridgehead atoms. The summed E-state index contributed by atoms with van der Waals surface area (Å²) in [5.41, 5.74) is 4.90. The molecule has 0 aliphatic carbocycles. The van der Waals surface area contributed by atoms with Gasteiger partial charge in [0.25, 0.3) is 5.91 Å². The number of amides is 1. The van der Waals surface area contributed by atoms with Crippen molar-refractivity contribution < 1.29 is 19.0 Å². The molecule has 2 aliphatic rings. The summed E-state index contributed by atoms with van der Waals surface area (Å²) in [6, 6.07) is 20.9. The fourth-order valence-electron chi connectivity index (χ4n) is 5.54. The molecule has 7 nitrogen and oxygen atoms in total. The van der Waals surface area contributed by atoms with E-state index in [4.69, 9.17) is 26.4 Å². The van der Waals surface area contributed by atoms with E-state index in [0.29, 0.717) is 29.6 Å². The average molecular weight is 514 g/mol. The summed E-state index contributed by atoms with van der Waals surface area (Å²) in [7, 11) is 3.24. The summed E-state index contributed by atoms with van der Waals surface area (Å²) in [4.78, 5) is 21.3.